The Morgan fingerprint density at radius 1 is 1.20 bits per heavy atom. The summed E-state index contributed by atoms with van der Waals surface area (Å²) in [7, 11) is 0. The van der Waals surface area contributed by atoms with E-state index in [1.807, 2.05) is 0 Å². The second-order valence-corrected chi connectivity index (χ2v) is 2.46. The second-order valence-electron chi connectivity index (χ2n) is 2.46. The number of aromatic carboxylic acids is 1. The lowest BCUT2D eigenvalue weighted by atomic mass is 10.2. The van der Waals surface area contributed by atoms with Crippen LogP contribution in [0.4, 0.5) is 5.69 Å². The lowest BCUT2D eigenvalue weighted by Crippen LogP contribution is -2.20. The molecule has 0 aliphatic rings. The Kier molecular flexibility index (Phi) is 3.42. The van der Waals surface area contributed by atoms with E-state index in [0.717, 1.165) is 18.2 Å². The van der Waals surface area contributed by atoms with E-state index in [1.165, 1.54) is 0 Å². The summed E-state index contributed by atoms with van der Waals surface area (Å²) in [6.45, 7) is 0. The van der Waals surface area contributed by atoms with Crippen LogP contribution in [0.2, 0.25) is 0 Å². The van der Waals surface area contributed by atoms with E-state index >= 15 is 0 Å². The molecule has 0 heterocycles. The van der Waals surface area contributed by atoms with Gasteiger partial charge < -0.3 is 10.2 Å². The lowest BCUT2D eigenvalue weighted by molar-refractivity contribution is -0.402. The van der Waals surface area contributed by atoms with Crippen molar-refractivity contribution in [3.05, 3.63) is 23.8 Å². The number of benzene rings is 1. The first-order valence-corrected chi connectivity index (χ1v) is 3.59. The maximum atomic E-state index is 10.6. The minimum Gasteiger partial charge on any atom is -0.508 e. The monoisotopic (exact) mass is 217 g/mol. The summed E-state index contributed by atoms with van der Waals surface area (Å²) in [4.78, 5) is 17.6. The van der Waals surface area contributed by atoms with Crippen LogP contribution in [0, 0.1) is 0 Å². The van der Waals surface area contributed by atoms with E-state index in [9.17, 15) is 4.79 Å². The normalized spacial score (nSPS) is 10.0. The van der Waals surface area contributed by atoms with Crippen molar-refractivity contribution in [2.24, 2.45) is 0 Å². The van der Waals surface area contributed by atoms with Gasteiger partial charge >= 0.3 is 5.97 Å². The van der Waals surface area contributed by atoms with Gasteiger partial charge in [0.25, 0.3) is 0 Å². The Bertz CT molecular complexity index is 362. The predicted molar refractivity (Wildman–Crippen MR) is 45.0 cm³/mol. The number of rotatable bonds is 4. The Hall–Kier alpha value is -1.87. The van der Waals surface area contributed by atoms with Crippen LogP contribution in [0.5, 0.6) is 5.75 Å². The topological polar surface area (TPSA) is 120 Å². The number of nitrogens with zero attached hydrogens (tertiary/aromatic N) is 1. The number of anilines is 1. The minimum absolute atomic E-state index is 0.0894. The van der Waals surface area contributed by atoms with Crippen LogP contribution in [-0.4, -0.2) is 26.7 Å². The Balaban J connectivity index is 3.13. The summed E-state index contributed by atoms with van der Waals surface area (Å²) in [5.74, 6) is -1.70. The average molecular weight is 217 g/mol. The molecule has 0 saturated heterocycles. The summed E-state index contributed by atoms with van der Waals surface area (Å²) in [6, 6.07) is 2.96. The van der Waals surface area contributed by atoms with Crippen molar-refractivity contribution in [3.8, 4) is 5.75 Å². The number of carboxylic acids is 1. The third-order valence-corrected chi connectivity index (χ3v) is 1.51. The number of phenolic OH excluding ortho intramolecular Hbond substituents is 1. The Morgan fingerprint density at radius 3 is 2.27 bits per heavy atom. The fourth-order valence-corrected chi connectivity index (χ4v) is 0.933. The highest BCUT2D eigenvalue weighted by Gasteiger charge is 2.13. The number of carbonyl (C=O) groups is 1. The molecule has 0 fully saturated rings. The molecule has 1 aromatic rings. The van der Waals surface area contributed by atoms with Crippen molar-refractivity contribution < 1.29 is 35.5 Å². The van der Waals surface area contributed by atoms with Crippen LogP contribution >= 0.6 is 0 Å². The number of hydrogen-bond donors (Lipinski definition) is 4. The van der Waals surface area contributed by atoms with Gasteiger partial charge in [-0.3, -0.25) is 0 Å². The van der Waals surface area contributed by atoms with Gasteiger partial charge in [-0.25, -0.2) is 15.3 Å². The van der Waals surface area contributed by atoms with Gasteiger partial charge in [0.15, 0.2) is 0 Å². The molecular weight excluding hydrogens is 210 g/mol. The van der Waals surface area contributed by atoms with Crippen molar-refractivity contribution in [1.82, 2.24) is 0 Å². The van der Waals surface area contributed by atoms with Crippen LogP contribution in [0.25, 0.3) is 0 Å². The van der Waals surface area contributed by atoms with Crippen LogP contribution in [0.3, 0.4) is 0 Å². The molecule has 0 aromatic heterocycles. The van der Waals surface area contributed by atoms with E-state index in [0.29, 0.717) is 0 Å². The molecule has 8 nitrogen and oxygen atoms in total. The third-order valence-electron chi connectivity index (χ3n) is 1.51. The maximum absolute atomic E-state index is 10.6. The first-order valence-electron chi connectivity index (χ1n) is 3.59. The molecule has 4 N–H and O–H groups in total. The number of hydrogen-bond acceptors (Lipinski definition) is 7. The zero-order valence-electron chi connectivity index (χ0n) is 7.19. The molecule has 1 aromatic carbocycles. The van der Waals surface area contributed by atoms with Crippen molar-refractivity contribution in [1.29, 1.82) is 0 Å². The first-order chi connectivity index (χ1) is 7.08. The van der Waals surface area contributed by atoms with Gasteiger partial charge in [0.1, 0.15) is 11.4 Å². The zero-order valence-corrected chi connectivity index (χ0v) is 7.19. The summed E-state index contributed by atoms with van der Waals surface area (Å²) in [6.07, 6.45) is 0. The van der Waals surface area contributed by atoms with Gasteiger partial charge in [0.05, 0.1) is 5.56 Å². The largest absolute Gasteiger partial charge is 0.508 e. The summed E-state index contributed by atoms with van der Waals surface area (Å²) < 4.78 is 0. The van der Waals surface area contributed by atoms with Gasteiger partial charge in [0, 0.05) is 6.07 Å². The molecule has 0 atom stereocenters. The molecule has 0 radical (unpaired) electrons. The molecule has 0 bridgehead atoms. The van der Waals surface area contributed by atoms with Gasteiger partial charge in [-0.2, -0.15) is 0 Å². The van der Waals surface area contributed by atoms with Gasteiger partial charge in [-0.15, -0.1) is 0 Å². The van der Waals surface area contributed by atoms with E-state index in [-0.39, 0.29) is 16.5 Å². The number of carboxylic acid groups (broad SMARTS) is 1. The zero-order chi connectivity index (χ0) is 11.4. The van der Waals surface area contributed by atoms with E-state index in [2.05, 4.69) is 9.98 Å². The molecule has 82 valence electrons. The lowest BCUT2D eigenvalue weighted by Gasteiger charge is -2.13. The van der Waals surface area contributed by atoms with Crippen LogP contribution in [0.15, 0.2) is 18.2 Å². The predicted octanol–water partition coefficient (Wildman–Crippen LogP) is 0.706. The summed E-state index contributed by atoms with van der Waals surface area (Å²) in [5, 5.41) is 34.3. The van der Waals surface area contributed by atoms with Crippen molar-refractivity contribution in [3.63, 3.8) is 0 Å². The standard InChI is InChI=1S/C7H7NO7/c9-6-2-4(7(10)11)1-5(3-6)8(14-12)15-13/h1-3,9,12-13H,(H,10,11). The molecular formula is C7H7NO7. The fraction of sp³-hybridized carbons (Fsp3) is 0. The minimum atomic E-state index is -1.30. The van der Waals surface area contributed by atoms with Gasteiger partial charge in [-0.1, -0.05) is 15.2 Å². The molecule has 0 spiro atoms. The third kappa shape index (κ3) is 2.54. The first kappa shape index (κ1) is 11.2. The Morgan fingerprint density at radius 2 is 1.80 bits per heavy atom. The second kappa shape index (κ2) is 4.57. The highest BCUT2D eigenvalue weighted by molar-refractivity contribution is 5.89. The maximum Gasteiger partial charge on any atom is 0.335 e. The SMILES string of the molecule is O=C(O)c1cc(O)cc(N(OO)OO)c1. The molecule has 0 aliphatic heterocycles. The van der Waals surface area contributed by atoms with Gasteiger partial charge in [0.2, 0.25) is 0 Å². The van der Waals surface area contributed by atoms with E-state index in [4.69, 9.17) is 20.7 Å². The average Bonchev–Trinajstić information content (AvgIpc) is 2.18. The quantitative estimate of drug-likeness (QED) is 0.429. The fourth-order valence-electron chi connectivity index (χ4n) is 0.933. The van der Waals surface area contributed by atoms with E-state index in [1.54, 1.807) is 0 Å². The highest BCUT2D eigenvalue weighted by Crippen LogP contribution is 2.23. The molecule has 0 aliphatic carbocycles. The molecule has 0 amide bonds. The Labute approximate surface area is 82.9 Å². The van der Waals surface area contributed by atoms with Crippen LogP contribution < -0.4 is 5.23 Å². The van der Waals surface area contributed by atoms with Crippen molar-refractivity contribution in [2.45, 2.75) is 0 Å². The van der Waals surface area contributed by atoms with Crippen molar-refractivity contribution >= 4 is 11.7 Å². The summed E-state index contributed by atoms with van der Waals surface area (Å²) >= 11 is 0. The highest BCUT2D eigenvalue weighted by atomic mass is 17.4. The van der Waals surface area contributed by atoms with Crippen LogP contribution in [-0.2, 0) is 9.98 Å². The van der Waals surface area contributed by atoms with Gasteiger partial charge in [-0.05, 0) is 12.1 Å². The molecule has 0 unspecified atom stereocenters. The number of phenols is 1. The van der Waals surface area contributed by atoms with Crippen LogP contribution in [0.1, 0.15) is 10.4 Å². The number of aromatic hydroxyl groups is 1. The summed E-state index contributed by atoms with van der Waals surface area (Å²) in [5.41, 5.74) is -0.485. The molecule has 8 heteroatoms. The smallest absolute Gasteiger partial charge is 0.335 e. The van der Waals surface area contributed by atoms with E-state index < -0.39 is 11.7 Å². The molecule has 15 heavy (non-hydrogen) atoms. The molecule has 1 rings (SSSR count). The van der Waals surface area contributed by atoms with Crippen molar-refractivity contribution in [2.75, 3.05) is 5.23 Å². The molecule has 0 saturated carbocycles.